The van der Waals surface area contributed by atoms with Gasteiger partial charge in [0.15, 0.2) is 12.4 Å². The molecule has 124 valence electrons. The van der Waals surface area contributed by atoms with E-state index in [4.69, 9.17) is 62.7 Å². The average Bonchev–Trinajstić information content (AvgIpc) is 2.98. The van der Waals surface area contributed by atoms with Gasteiger partial charge in [0.25, 0.3) is 5.91 Å². The minimum absolute atomic E-state index is 0.00477. The molecule has 1 amide bonds. The molecule has 0 bridgehead atoms. The van der Waals surface area contributed by atoms with Crippen LogP contribution in [0, 0.1) is 0 Å². The van der Waals surface area contributed by atoms with Gasteiger partial charge >= 0.3 is 0 Å². The Balaban J connectivity index is 2.07. The third kappa shape index (κ3) is 4.32. The summed E-state index contributed by atoms with van der Waals surface area (Å²) >= 11 is 31.0. The van der Waals surface area contributed by atoms with Gasteiger partial charge in [-0.1, -0.05) is 76.3 Å². The van der Waals surface area contributed by atoms with Crippen molar-refractivity contribution in [3.63, 3.8) is 0 Å². The van der Waals surface area contributed by atoms with Gasteiger partial charge in [-0.2, -0.15) is 0 Å². The molecule has 0 unspecified atom stereocenters. The van der Waals surface area contributed by atoms with E-state index >= 15 is 0 Å². The van der Waals surface area contributed by atoms with Crippen LogP contribution in [0.2, 0.25) is 25.1 Å². The van der Waals surface area contributed by atoms with Crippen LogP contribution in [0.15, 0.2) is 0 Å². The molecule has 23 heavy (non-hydrogen) atoms. The van der Waals surface area contributed by atoms with Crippen LogP contribution in [0.25, 0.3) is 0 Å². The second-order valence-corrected chi connectivity index (χ2v) is 7.04. The molecule has 0 saturated heterocycles. The first-order valence-electron chi connectivity index (χ1n) is 6.11. The molecule has 0 fully saturated rings. The van der Waals surface area contributed by atoms with E-state index in [1.165, 1.54) is 11.3 Å². The largest absolute Gasteiger partial charge is 0.481 e. The molecule has 2 rings (SSSR count). The number of amides is 1. The Morgan fingerprint density at radius 3 is 2.13 bits per heavy atom. The molecule has 1 heterocycles. The van der Waals surface area contributed by atoms with Crippen molar-refractivity contribution in [2.75, 3.05) is 11.9 Å². The molecule has 0 saturated carbocycles. The Morgan fingerprint density at radius 1 is 1.04 bits per heavy atom. The van der Waals surface area contributed by atoms with Crippen molar-refractivity contribution in [2.24, 2.45) is 0 Å². The lowest BCUT2D eigenvalue weighted by Crippen LogP contribution is -2.20. The standard InChI is InChI=1S/C12H8Cl5N3O2S/c1-2-5-19-20-12(23-5)18-4(21)3-22-11-9(16)7(14)6(13)8(15)10(11)17/h2-3H2,1H3,(H,18,20,21). The number of nitrogens with one attached hydrogen (secondary N) is 1. The van der Waals surface area contributed by atoms with Gasteiger partial charge in [-0.05, 0) is 6.42 Å². The molecule has 0 radical (unpaired) electrons. The van der Waals surface area contributed by atoms with Crippen LogP contribution in [0.5, 0.6) is 5.75 Å². The smallest absolute Gasteiger partial charge is 0.264 e. The predicted molar refractivity (Wildman–Crippen MR) is 94.9 cm³/mol. The highest BCUT2D eigenvalue weighted by atomic mass is 35.5. The summed E-state index contributed by atoms with van der Waals surface area (Å²) in [5, 5.41) is 11.4. The van der Waals surface area contributed by atoms with Crippen molar-refractivity contribution in [1.29, 1.82) is 0 Å². The zero-order valence-corrected chi connectivity index (χ0v) is 16.0. The first-order chi connectivity index (χ1) is 10.8. The monoisotopic (exact) mass is 433 g/mol. The third-order valence-electron chi connectivity index (χ3n) is 2.53. The lowest BCUT2D eigenvalue weighted by Gasteiger charge is -2.13. The van der Waals surface area contributed by atoms with Crippen LogP contribution in [0.4, 0.5) is 5.13 Å². The molecule has 1 N–H and O–H groups in total. The fraction of sp³-hybridized carbons (Fsp3) is 0.250. The minimum Gasteiger partial charge on any atom is -0.481 e. The summed E-state index contributed by atoms with van der Waals surface area (Å²) in [6, 6.07) is 0. The molecule has 2 aromatic rings. The van der Waals surface area contributed by atoms with Gasteiger partial charge in [0.1, 0.15) is 15.1 Å². The van der Waals surface area contributed by atoms with E-state index in [2.05, 4.69) is 15.5 Å². The van der Waals surface area contributed by atoms with Gasteiger partial charge in [-0.3, -0.25) is 10.1 Å². The van der Waals surface area contributed by atoms with Crippen molar-refractivity contribution < 1.29 is 9.53 Å². The molecule has 0 aliphatic carbocycles. The van der Waals surface area contributed by atoms with Crippen LogP contribution in [0.1, 0.15) is 11.9 Å². The van der Waals surface area contributed by atoms with E-state index in [1.54, 1.807) is 0 Å². The van der Waals surface area contributed by atoms with E-state index in [1.807, 2.05) is 6.92 Å². The number of rotatable bonds is 5. The zero-order valence-electron chi connectivity index (χ0n) is 11.4. The summed E-state index contributed by atoms with van der Waals surface area (Å²) in [5.74, 6) is -0.479. The lowest BCUT2D eigenvalue weighted by atomic mass is 10.3. The SMILES string of the molecule is CCc1nnc(NC(=O)COc2c(Cl)c(Cl)c(Cl)c(Cl)c2Cl)s1. The first-order valence-corrected chi connectivity index (χ1v) is 8.82. The van der Waals surface area contributed by atoms with Crippen LogP contribution in [-0.4, -0.2) is 22.7 Å². The quantitative estimate of drug-likeness (QED) is 0.506. The number of aryl methyl sites for hydroxylation is 1. The molecule has 1 aromatic carbocycles. The Bertz CT molecular complexity index is 724. The maximum atomic E-state index is 11.9. The molecule has 11 heteroatoms. The molecule has 0 aliphatic rings. The molecular formula is C12H8Cl5N3O2S. The van der Waals surface area contributed by atoms with E-state index in [0.29, 0.717) is 5.13 Å². The van der Waals surface area contributed by atoms with Crippen molar-refractivity contribution >= 4 is 80.4 Å². The number of carbonyl (C=O) groups excluding carboxylic acids is 1. The van der Waals surface area contributed by atoms with Gasteiger partial charge in [0, 0.05) is 0 Å². The number of aromatic nitrogens is 2. The summed E-state index contributed by atoms with van der Waals surface area (Å²) < 4.78 is 5.30. The van der Waals surface area contributed by atoms with Gasteiger partial charge in [-0.25, -0.2) is 0 Å². The Labute approximate surface area is 160 Å². The number of benzene rings is 1. The zero-order chi connectivity index (χ0) is 17.1. The molecule has 0 atom stereocenters. The van der Waals surface area contributed by atoms with E-state index in [0.717, 1.165) is 11.4 Å². The van der Waals surface area contributed by atoms with E-state index < -0.39 is 5.91 Å². The maximum absolute atomic E-state index is 11.9. The fourth-order valence-electron chi connectivity index (χ4n) is 1.45. The number of anilines is 1. The number of halogens is 5. The number of nitrogens with zero attached hydrogens (tertiary/aromatic N) is 2. The number of hydrogen-bond acceptors (Lipinski definition) is 5. The summed E-state index contributed by atoms with van der Waals surface area (Å²) in [6.07, 6.45) is 0.733. The number of hydrogen-bond donors (Lipinski definition) is 1. The van der Waals surface area contributed by atoms with Crippen molar-refractivity contribution in [1.82, 2.24) is 10.2 Å². The van der Waals surface area contributed by atoms with Crippen LogP contribution in [0.3, 0.4) is 0 Å². The minimum atomic E-state index is -0.460. The van der Waals surface area contributed by atoms with Crippen molar-refractivity contribution in [3.8, 4) is 5.75 Å². The second-order valence-electron chi connectivity index (χ2n) is 4.09. The Morgan fingerprint density at radius 2 is 1.61 bits per heavy atom. The Hall–Kier alpha value is -0.500. The first kappa shape index (κ1) is 18.8. The van der Waals surface area contributed by atoms with Gasteiger partial charge in [0.05, 0.1) is 15.1 Å². The van der Waals surface area contributed by atoms with Gasteiger partial charge < -0.3 is 4.74 Å². The van der Waals surface area contributed by atoms with E-state index in [9.17, 15) is 4.79 Å². The highest BCUT2D eigenvalue weighted by molar-refractivity contribution is 7.15. The Kier molecular flexibility index (Phi) is 6.59. The van der Waals surface area contributed by atoms with Crippen LogP contribution < -0.4 is 10.1 Å². The highest BCUT2D eigenvalue weighted by Crippen LogP contribution is 2.48. The molecule has 0 aliphatic heterocycles. The van der Waals surface area contributed by atoms with Crippen LogP contribution in [-0.2, 0) is 11.2 Å². The third-order valence-corrected chi connectivity index (χ3v) is 5.76. The van der Waals surface area contributed by atoms with Gasteiger partial charge in [-0.15, -0.1) is 10.2 Å². The average molecular weight is 436 g/mol. The second kappa shape index (κ2) is 8.05. The molecule has 5 nitrogen and oxygen atoms in total. The molecular weight excluding hydrogens is 427 g/mol. The summed E-state index contributed by atoms with van der Waals surface area (Å²) in [6.45, 7) is 1.57. The summed E-state index contributed by atoms with van der Waals surface area (Å²) in [4.78, 5) is 11.9. The van der Waals surface area contributed by atoms with Crippen molar-refractivity contribution in [3.05, 3.63) is 30.1 Å². The normalized spacial score (nSPS) is 10.7. The number of ether oxygens (including phenoxy) is 1. The van der Waals surface area contributed by atoms with Gasteiger partial charge in [0.2, 0.25) is 5.13 Å². The summed E-state index contributed by atoms with van der Waals surface area (Å²) in [7, 11) is 0. The predicted octanol–water partition coefficient (Wildman–Crippen LogP) is 5.39. The molecule has 1 aromatic heterocycles. The van der Waals surface area contributed by atoms with Crippen molar-refractivity contribution in [2.45, 2.75) is 13.3 Å². The lowest BCUT2D eigenvalue weighted by molar-refractivity contribution is -0.118. The maximum Gasteiger partial charge on any atom is 0.264 e. The number of carbonyl (C=O) groups is 1. The fourth-order valence-corrected chi connectivity index (χ4v) is 3.38. The highest BCUT2D eigenvalue weighted by Gasteiger charge is 2.21. The van der Waals surface area contributed by atoms with Crippen LogP contribution >= 0.6 is 69.3 Å². The summed E-state index contributed by atoms with van der Waals surface area (Å²) in [5.41, 5.74) is 0. The topological polar surface area (TPSA) is 64.1 Å². The van der Waals surface area contributed by atoms with E-state index in [-0.39, 0.29) is 37.5 Å². The molecule has 0 spiro atoms.